The van der Waals surface area contributed by atoms with Crippen molar-refractivity contribution in [2.45, 2.75) is 27.7 Å². The number of hydrogen-bond donors (Lipinski definition) is 0. The van der Waals surface area contributed by atoms with Crippen molar-refractivity contribution < 1.29 is 13.6 Å². The number of rotatable bonds is 2. The fourth-order valence-electron chi connectivity index (χ4n) is 2.57. The molecule has 3 nitrogen and oxygen atoms in total. The maximum Gasteiger partial charge on any atom is 0.232 e. The number of aryl methyl sites for hydroxylation is 3. The molecule has 1 aromatic carbocycles. The summed E-state index contributed by atoms with van der Waals surface area (Å²) in [4.78, 5) is 12.6. The van der Waals surface area contributed by atoms with Gasteiger partial charge in [0.1, 0.15) is 17.1 Å². The lowest BCUT2D eigenvalue weighted by molar-refractivity contribution is 0.101. The molecule has 0 aliphatic carbocycles. The summed E-state index contributed by atoms with van der Waals surface area (Å²) in [5.41, 5.74) is 3.29. The Kier molecular flexibility index (Phi) is 2.78. The molecule has 0 unspecified atom stereocenters. The smallest absolute Gasteiger partial charge is 0.232 e. The molecular formula is C17H16O3. The fourth-order valence-corrected chi connectivity index (χ4v) is 2.57. The summed E-state index contributed by atoms with van der Waals surface area (Å²) in [6.07, 6.45) is 0. The van der Waals surface area contributed by atoms with Crippen LogP contribution in [0.5, 0.6) is 0 Å². The van der Waals surface area contributed by atoms with E-state index in [0.717, 1.165) is 27.9 Å². The quantitative estimate of drug-likeness (QED) is 0.643. The number of fused-ring (bicyclic) bond motifs is 1. The molecule has 3 heteroatoms. The van der Waals surface area contributed by atoms with Crippen LogP contribution >= 0.6 is 0 Å². The molecule has 0 amide bonds. The number of hydrogen-bond acceptors (Lipinski definition) is 3. The van der Waals surface area contributed by atoms with E-state index in [1.807, 2.05) is 39.0 Å². The van der Waals surface area contributed by atoms with Crippen molar-refractivity contribution in [2.75, 3.05) is 0 Å². The van der Waals surface area contributed by atoms with Crippen LogP contribution in [-0.2, 0) is 0 Å². The Hall–Kier alpha value is -2.29. The molecule has 2 heterocycles. The third kappa shape index (κ3) is 1.78. The van der Waals surface area contributed by atoms with Crippen LogP contribution in [0, 0.1) is 27.7 Å². The molecule has 3 aromatic rings. The van der Waals surface area contributed by atoms with Crippen molar-refractivity contribution >= 4 is 16.8 Å². The Bertz CT molecular complexity index is 818. The number of ketones is 1. The van der Waals surface area contributed by atoms with E-state index in [0.29, 0.717) is 17.1 Å². The highest BCUT2D eigenvalue weighted by Crippen LogP contribution is 2.28. The Morgan fingerprint density at radius 1 is 1.00 bits per heavy atom. The number of benzene rings is 1. The molecule has 0 atom stereocenters. The summed E-state index contributed by atoms with van der Waals surface area (Å²) in [7, 11) is 0. The maximum absolute atomic E-state index is 12.6. The second-order valence-corrected chi connectivity index (χ2v) is 5.15. The van der Waals surface area contributed by atoms with Gasteiger partial charge in [0.05, 0.1) is 5.56 Å². The van der Waals surface area contributed by atoms with Gasteiger partial charge in [0.25, 0.3) is 0 Å². The molecule has 0 aliphatic rings. The van der Waals surface area contributed by atoms with Gasteiger partial charge in [0.15, 0.2) is 5.76 Å². The van der Waals surface area contributed by atoms with Crippen molar-refractivity contribution in [2.24, 2.45) is 0 Å². The van der Waals surface area contributed by atoms with Crippen LogP contribution in [0.25, 0.3) is 11.0 Å². The van der Waals surface area contributed by atoms with Gasteiger partial charge in [-0.2, -0.15) is 0 Å². The van der Waals surface area contributed by atoms with Gasteiger partial charge in [-0.1, -0.05) is 18.2 Å². The minimum atomic E-state index is -0.118. The van der Waals surface area contributed by atoms with Gasteiger partial charge in [-0.15, -0.1) is 0 Å². The predicted molar refractivity (Wildman–Crippen MR) is 77.3 cm³/mol. The lowest BCUT2D eigenvalue weighted by atomic mass is 10.0. The molecule has 0 bridgehead atoms. The largest absolute Gasteiger partial charge is 0.466 e. The summed E-state index contributed by atoms with van der Waals surface area (Å²) in [6, 6.07) is 7.67. The van der Waals surface area contributed by atoms with E-state index in [1.54, 1.807) is 13.0 Å². The molecule has 2 aromatic heterocycles. The van der Waals surface area contributed by atoms with Crippen molar-refractivity contribution in [3.63, 3.8) is 0 Å². The number of furan rings is 2. The number of para-hydroxylation sites is 1. The molecule has 0 radical (unpaired) electrons. The zero-order chi connectivity index (χ0) is 14.4. The fraction of sp³-hybridized carbons (Fsp3) is 0.235. The zero-order valence-corrected chi connectivity index (χ0v) is 12.0. The monoisotopic (exact) mass is 268 g/mol. The van der Waals surface area contributed by atoms with E-state index < -0.39 is 0 Å². The Labute approximate surface area is 117 Å². The summed E-state index contributed by atoms with van der Waals surface area (Å²) in [5.74, 6) is 1.66. The summed E-state index contributed by atoms with van der Waals surface area (Å²) in [5, 5.41) is 0.948. The molecule has 0 N–H and O–H groups in total. The van der Waals surface area contributed by atoms with Gasteiger partial charge in [-0.05, 0) is 39.3 Å². The van der Waals surface area contributed by atoms with Gasteiger partial charge in [0.2, 0.25) is 5.78 Å². The normalized spacial score (nSPS) is 11.2. The molecular weight excluding hydrogens is 252 g/mol. The number of carbonyl (C=O) groups excluding carboxylic acids is 1. The molecule has 20 heavy (non-hydrogen) atoms. The summed E-state index contributed by atoms with van der Waals surface area (Å²) >= 11 is 0. The van der Waals surface area contributed by atoms with Crippen molar-refractivity contribution in [1.82, 2.24) is 0 Å². The maximum atomic E-state index is 12.6. The van der Waals surface area contributed by atoms with Crippen molar-refractivity contribution in [3.8, 4) is 0 Å². The van der Waals surface area contributed by atoms with Crippen LogP contribution in [0.1, 0.15) is 38.8 Å². The van der Waals surface area contributed by atoms with Gasteiger partial charge in [-0.25, -0.2) is 0 Å². The zero-order valence-electron chi connectivity index (χ0n) is 12.0. The first kappa shape index (κ1) is 12.7. The summed E-state index contributed by atoms with van der Waals surface area (Å²) < 4.78 is 11.3. The van der Waals surface area contributed by atoms with Crippen molar-refractivity contribution in [1.29, 1.82) is 0 Å². The molecule has 0 saturated heterocycles. The Balaban J connectivity index is 2.15. The molecule has 3 rings (SSSR count). The van der Waals surface area contributed by atoms with Gasteiger partial charge in [-0.3, -0.25) is 4.79 Å². The Morgan fingerprint density at radius 2 is 1.75 bits per heavy atom. The highest BCUT2D eigenvalue weighted by atomic mass is 16.4. The molecule has 102 valence electrons. The average Bonchev–Trinajstić information content (AvgIpc) is 2.93. The lowest BCUT2D eigenvalue weighted by Crippen LogP contribution is -2.02. The van der Waals surface area contributed by atoms with E-state index in [9.17, 15) is 4.79 Å². The van der Waals surface area contributed by atoms with E-state index >= 15 is 0 Å². The lowest BCUT2D eigenvalue weighted by Gasteiger charge is -1.97. The van der Waals surface area contributed by atoms with Gasteiger partial charge >= 0.3 is 0 Å². The van der Waals surface area contributed by atoms with Crippen LogP contribution < -0.4 is 0 Å². The van der Waals surface area contributed by atoms with Crippen LogP contribution in [0.2, 0.25) is 0 Å². The minimum Gasteiger partial charge on any atom is -0.466 e. The highest BCUT2D eigenvalue weighted by molar-refractivity contribution is 6.10. The van der Waals surface area contributed by atoms with E-state index in [2.05, 4.69) is 0 Å². The SMILES string of the molecule is Cc1oc(C)c(C(=O)c2cc3cccc(C)c3o2)c1C. The van der Waals surface area contributed by atoms with Crippen molar-refractivity contribution in [3.05, 3.63) is 58.2 Å². The number of carbonyl (C=O) groups is 1. The van der Waals surface area contributed by atoms with Gasteiger partial charge < -0.3 is 8.83 Å². The second kappa shape index (κ2) is 4.37. The van der Waals surface area contributed by atoms with Crippen LogP contribution in [0.3, 0.4) is 0 Å². The van der Waals surface area contributed by atoms with E-state index in [1.165, 1.54) is 0 Å². The molecule has 0 saturated carbocycles. The molecule has 0 aliphatic heterocycles. The first-order valence-corrected chi connectivity index (χ1v) is 6.59. The second-order valence-electron chi connectivity index (χ2n) is 5.15. The van der Waals surface area contributed by atoms with E-state index in [4.69, 9.17) is 8.83 Å². The third-order valence-electron chi connectivity index (χ3n) is 3.75. The first-order chi connectivity index (χ1) is 9.49. The van der Waals surface area contributed by atoms with Crippen LogP contribution in [-0.4, -0.2) is 5.78 Å². The Morgan fingerprint density at radius 3 is 2.35 bits per heavy atom. The standard InChI is InChI=1S/C17H16O3/c1-9-6-5-7-13-8-14(20-17(9)13)16(18)15-10(2)11(3)19-12(15)4/h5-8H,1-4H3. The van der Waals surface area contributed by atoms with Crippen LogP contribution in [0.15, 0.2) is 33.1 Å². The minimum absolute atomic E-state index is 0.118. The topological polar surface area (TPSA) is 43.4 Å². The molecule has 0 spiro atoms. The van der Waals surface area contributed by atoms with Crippen LogP contribution in [0.4, 0.5) is 0 Å². The van der Waals surface area contributed by atoms with E-state index in [-0.39, 0.29) is 5.78 Å². The molecule has 0 fully saturated rings. The average molecular weight is 268 g/mol. The first-order valence-electron chi connectivity index (χ1n) is 6.59. The van der Waals surface area contributed by atoms with Gasteiger partial charge in [0, 0.05) is 10.9 Å². The predicted octanol–water partition coefficient (Wildman–Crippen LogP) is 4.49. The summed E-state index contributed by atoms with van der Waals surface area (Å²) in [6.45, 7) is 7.54. The highest BCUT2D eigenvalue weighted by Gasteiger charge is 2.23. The third-order valence-corrected chi connectivity index (χ3v) is 3.75.